The van der Waals surface area contributed by atoms with Crippen molar-refractivity contribution in [1.29, 1.82) is 0 Å². The Morgan fingerprint density at radius 2 is 1.86 bits per heavy atom. The molecule has 5 nitrogen and oxygen atoms in total. The van der Waals surface area contributed by atoms with Crippen LogP contribution in [-0.4, -0.2) is 15.7 Å². The first-order chi connectivity index (χ1) is 13.7. The van der Waals surface area contributed by atoms with Crippen molar-refractivity contribution in [2.24, 2.45) is 0 Å². The minimum Gasteiger partial charge on any atom is -0.397 e. The number of allylic oxidation sites excluding steroid dienone is 2. The molecule has 1 amide bonds. The average molecular weight is 370 g/mol. The zero-order valence-electron chi connectivity index (χ0n) is 15.5. The van der Waals surface area contributed by atoms with E-state index in [1.807, 2.05) is 47.3 Å². The number of amides is 1. The van der Waals surface area contributed by atoms with Crippen molar-refractivity contribution < 1.29 is 4.79 Å². The highest BCUT2D eigenvalue weighted by Gasteiger charge is 2.09. The Morgan fingerprint density at radius 1 is 1.07 bits per heavy atom. The van der Waals surface area contributed by atoms with E-state index in [-0.39, 0.29) is 5.91 Å². The predicted molar refractivity (Wildman–Crippen MR) is 114 cm³/mol. The van der Waals surface area contributed by atoms with Gasteiger partial charge >= 0.3 is 0 Å². The first-order valence-corrected chi connectivity index (χ1v) is 9.34. The lowest BCUT2D eigenvalue weighted by molar-refractivity contribution is 0.102. The quantitative estimate of drug-likeness (QED) is 0.654. The average Bonchev–Trinajstić information content (AvgIpc) is 2.94. The monoisotopic (exact) mass is 370 g/mol. The predicted octanol–water partition coefficient (Wildman–Crippen LogP) is 4.39. The summed E-state index contributed by atoms with van der Waals surface area (Å²) in [6.45, 7) is 0.791. The van der Waals surface area contributed by atoms with Gasteiger partial charge in [-0.05, 0) is 48.7 Å². The third-order valence-electron chi connectivity index (χ3n) is 4.79. The molecule has 4 rings (SSSR count). The Kier molecular flexibility index (Phi) is 5.06. The maximum atomic E-state index is 12.4. The Labute approximate surface area is 164 Å². The van der Waals surface area contributed by atoms with Crippen LogP contribution in [0.4, 0.5) is 11.4 Å². The zero-order chi connectivity index (χ0) is 19.3. The number of carbonyl (C=O) groups excluding carboxylic acids is 1. The minimum atomic E-state index is -0.168. The van der Waals surface area contributed by atoms with Gasteiger partial charge in [-0.3, -0.25) is 9.48 Å². The summed E-state index contributed by atoms with van der Waals surface area (Å²) in [7, 11) is 0. The van der Waals surface area contributed by atoms with Gasteiger partial charge in [0.1, 0.15) is 0 Å². The van der Waals surface area contributed by atoms with E-state index < -0.39 is 0 Å². The Balaban J connectivity index is 1.40. The maximum Gasteiger partial charge on any atom is 0.255 e. The standard InChI is InChI=1S/C23H22N4O/c24-20-7-4-5-8-21(20)26-23(28)18-12-10-17(11-13-18)14-15-27-22-9-3-1-2-6-19(22)16-25-27/h2-13,16H,1,14-15,24H2,(H,26,28). The third kappa shape index (κ3) is 3.88. The molecule has 0 fully saturated rings. The fourth-order valence-corrected chi connectivity index (χ4v) is 3.21. The zero-order valence-corrected chi connectivity index (χ0v) is 15.5. The number of hydrogen-bond donors (Lipinski definition) is 2. The highest BCUT2D eigenvalue weighted by molar-refractivity contribution is 6.05. The third-order valence-corrected chi connectivity index (χ3v) is 4.79. The molecule has 0 bridgehead atoms. The highest BCUT2D eigenvalue weighted by Crippen LogP contribution is 2.19. The van der Waals surface area contributed by atoms with Gasteiger partial charge in [0.05, 0.1) is 23.3 Å². The molecule has 0 spiro atoms. The molecule has 1 aliphatic rings. The number of nitrogens with one attached hydrogen (secondary N) is 1. The van der Waals surface area contributed by atoms with E-state index in [0.717, 1.165) is 36.2 Å². The SMILES string of the molecule is Nc1ccccc1NC(=O)c1ccc(CCn2ncc3c2C=CCC=C3)cc1. The van der Waals surface area contributed by atoms with Crippen molar-refractivity contribution in [3.8, 4) is 0 Å². The molecular weight excluding hydrogens is 348 g/mol. The van der Waals surface area contributed by atoms with Crippen LogP contribution >= 0.6 is 0 Å². The second kappa shape index (κ2) is 7.96. The number of benzene rings is 2. The summed E-state index contributed by atoms with van der Waals surface area (Å²) in [6.07, 6.45) is 12.2. The second-order valence-corrected chi connectivity index (χ2v) is 6.74. The second-order valence-electron chi connectivity index (χ2n) is 6.74. The van der Waals surface area contributed by atoms with E-state index in [1.165, 1.54) is 0 Å². The van der Waals surface area contributed by atoms with Gasteiger partial charge in [0, 0.05) is 17.7 Å². The van der Waals surface area contributed by atoms with Crippen molar-refractivity contribution in [2.75, 3.05) is 11.1 Å². The molecule has 0 saturated heterocycles. The van der Waals surface area contributed by atoms with E-state index in [0.29, 0.717) is 16.9 Å². The number of rotatable bonds is 5. The summed E-state index contributed by atoms with van der Waals surface area (Å²) >= 11 is 0. The van der Waals surface area contributed by atoms with Crippen molar-refractivity contribution in [3.63, 3.8) is 0 Å². The summed E-state index contributed by atoms with van der Waals surface area (Å²) in [4.78, 5) is 12.4. The van der Waals surface area contributed by atoms with Crippen LogP contribution in [0, 0.1) is 0 Å². The molecule has 0 radical (unpaired) electrons. The number of nitrogens with zero attached hydrogens (tertiary/aromatic N) is 2. The summed E-state index contributed by atoms with van der Waals surface area (Å²) in [5, 5.41) is 7.34. The van der Waals surface area contributed by atoms with E-state index in [2.05, 4.69) is 34.7 Å². The van der Waals surface area contributed by atoms with Crippen LogP contribution in [0.1, 0.15) is 33.6 Å². The molecule has 0 atom stereocenters. The summed E-state index contributed by atoms with van der Waals surface area (Å²) in [6, 6.07) is 14.9. The number of para-hydroxylation sites is 2. The molecule has 0 aliphatic heterocycles. The van der Waals surface area contributed by atoms with E-state index in [1.54, 1.807) is 12.1 Å². The van der Waals surface area contributed by atoms with Gasteiger partial charge in [0.15, 0.2) is 0 Å². The van der Waals surface area contributed by atoms with E-state index >= 15 is 0 Å². The van der Waals surface area contributed by atoms with Gasteiger partial charge < -0.3 is 11.1 Å². The molecule has 0 saturated carbocycles. The summed E-state index contributed by atoms with van der Waals surface area (Å²) in [5.74, 6) is -0.168. The van der Waals surface area contributed by atoms with Crippen molar-refractivity contribution in [1.82, 2.24) is 9.78 Å². The molecular formula is C23H22N4O. The molecule has 140 valence electrons. The van der Waals surface area contributed by atoms with Crippen molar-refractivity contribution in [2.45, 2.75) is 19.4 Å². The van der Waals surface area contributed by atoms with E-state index in [9.17, 15) is 4.79 Å². The Morgan fingerprint density at radius 3 is 2.68 bits per heavy atom. The van der Waals surface area contributed by atoms with E-state index in [4.69, 9.17) is 5.73 Å². The lowest BCUT2D eigenvalue weighted by Gasteiger charge is -2.09. The van der Waals surface area contributed by atoms with Crippen LogP contribution in [-0.2, 0) is 13.0 Å². The minimum absolute atomic E-state index is 0.168. The van der Waals surface area contributed by atoms with Gasteiger partial charge in [-0.25, -0.2) is 0 Å². The molecule has 2 aromatic carbocycles. The largest absolute Gasteiger partial charge is 0.397 e. The molecule has 1 aliphatic carbocycles. The van der Waals surface area contributed by atoms with Gasteiger partial charge in [-0.15, -0.1) is 0 Å². The number of fused-ring (bicyclic) bond motifs is 1. The first-order valence-electron chi connectivity index (χ1n) is 9.34. The van der Waals surface area contributed by atoms with Crippen LogP contribution < -0.4 is 11.1 Å². The number of aryl methyl sites for hydroxylation is 2. The fraction of sp³-hybridized carbons (Fsp3) is 0.130. The Hall–Kier alpha value is -3.60. The number of aromatic nitrogens is 2. The van der Waals surface area contributed by atoms with Crippen LogP contribution in [0.25, 0.3) is 12.2 Å². The lowest BCUT2D eigenvalue weighted by Crippen LogP contribution is -2.13. The molecule has 3 N–H and O–H groups in total. The summed E-state index contributed by atoms with van der Waals surface area (Å²) < 4.78 is 2.03. The van der Waals surface area contributed by atoms with Gasteiger partial charge in [-0.1, -0.05) is 42.5 Å². The number of hydrogen-bond acceptors (Lipinski definition) is 3. The van der Waals surface area contributed by atoms with Gasteiger partial charge in [0.2, 0.25) is 0 Å². The molecule has 0 unspecified atom stereocenters. The molecule has 5 heteroatoms. The maximum absolute atomic E-state index is 12.4. The normalized spacial score (nSPS) is 12.4. The van der Waals surface area contributed by atoms with Crippen LogP contribution in [0.2, 0.25) is 0 Å². The molecule has 1 aromatic heterocycles. The topological polar surface area (TPSA) is 72.9 Å². The number of anilines is 2. The smallest absolute Gasteiger partial charge is 0.255 e. The first kappa shape index (κ1) is 17.8. The number of carbonyl (C=O) groups is 1. The van der Waals surface area contributed by atoms with Gasteiger partial charge in [-0.2, -0.15) is 5.10 Å². The molecule has 1 heterocycles. The van der Waals surface area contributed by atoms with Gasteiger partial charge in [0.25, 0.3) is 5.91 Å². The van der Waals surface area contributed by atoms with Crippen molar-refractivity contribution in [3.05, 3.63) is 89.3 Å². The highest BCUT2D eigenvalue weighted by atomic mass is 16.1. The van der Waals surface area contributed by atoms with Crippen LogP contribution in [0.3, 0.4) is 0 Å². The molecule has 3 aromatic rings. The van der Waals surface area contributed by atoms with Crippen LogP contribution in [0.5, 0.6) is 0 Å². The summed E-state index contributed by atoms with van der Waals surface area (Å²) in [5.41, 5.74) is 11.1. The Bertz CT molecular complexity index is 1040. The number of nitrogen functional groups attached to an aromatic ring is 1. The number of nitrogens with two attached hydrogens (primary N) is 1. The van der Waals surface area contributed by atoms with Crippen LogP contribution in [0.15, 0.2) is 66.9 Å². The molecule has 28 heavy (non-hydrogen) atoms. The van der Waals surface area contributed by atoms with Crippen molar-refractivity contribution >= 4 is 29.4 Å². The fourth-order valence-electron chi connectivity index (χ4n) is 3.21. The lowest BCUT2D eigenvalue weighted by atomic mass is 10.1.